The van der Waals surface area contributed by atoms with Gasteiger partial charge < -0.3 is 4.74 Å². The van der Waals surface area contributed by atoms with Crippen molar-refractivity contribution >= 4 is 27.5 Å². The van der Waals surface area contributed by atoms with E-state index in [1.807, 2.05) is 45.9 Å². The Morgan fingerprint density at radius 3 is 2.76 bits per heavy atom. The fourth-order valence-electron chi connectivity index (χ4n) is 2.68. The number of fused-ring (bicyclic) bond motifs is 1. The summed E-state index contributed by atoms with van der Waals surface area (Å²) in [5, 5.41) is 0.590. The largest absolute Gasteiger partial charge is 0.459 e. The summed E-state index contributed by atoms with van der Waals surface area (Å²) in [5.41, 5.74) is 3.89. The summed E-state index contributed by atoms with van der Waals surface area (Å²) in [6.45, 7) is 7.90. The van der Waals surface area contributed by atoms with Crippen LogP contribution in [0.3, 0.4) is 0 Å². The van der Waals surface area contributed by atoms with Crippen molar-refractivity contribution in [3.05, 3.63) is 62.0 Å². The number of hydrogen-bond acceptors (Lipinski definition) is 5. The summed E-state index contributed by atoms with van der Waals surface area (Å²) in [6, 6.07) is 6.02. The lowest BCUT2D eigenvalue weighted by Crippen LogP contribution is -2.25. The molecule has 0 bridgehead atoms. The molecule has 2 heterocycles. The molecule has 0 N–H and O–H groups in total. The van der Waals surface area contributed by atoms with Crippen molar-refractivity contribution in [2.75, 3.05) is 0 Å². The predicted molar refractivity (Wildman–Crippen MR) is 99.1 cm³/mol. The Morgan fingerprint density at radius 1 is 1.24 bits per heavy atom. The number of ether oxygens (including phenoxy) is 1. The predicted octanol–water partition coefficient (Wildman–Crippen LogP) is 3.44. The Bertz CT molecular complexity index is 1020. The molecule has 0 atom stereocenters. The number of thiophene rings is 1. The van der Waals surface area contributed by atoms with Crippen molar-refractivity contribution in [1.82, 2.24) is 9.55 Å². The minimum atomic E-state index is -0.450. The average molecular weight is 356 g/mol. The summed E-state index contributed by atoms with van der Waals surface area (Å²) >= 11 is 1.49. The summed E-state index contributed by atoms with van der Waals surface area (Å²) in [4.78, 5) is 30.8. The molecule has 0 saturated heterocycles. The van der Waals surface area contributed by atoms with Crippen LogP contribution >= 0.6 is 11.3 Å². The van der Waals surface area contributed by atoms with E-state index in [9.17, 15) is 9.59 Å². The molecule has 0 spiro atoms. The average Bonchev–Trinajstić information content (AvgIpc) is 2.86. The maximum absolute atomic E-state index is 12.6. The Kier molecular flexibility index (Phi) is 4.72. The first-order valence-electron chi connectivity index (χ1n) is 8.03. The molecule has 2 aromatic heterocycles. The zero-order valence-corrected chi connectivity index (χ0v) is 15.6. The molecule has 130 valence electrons. The van der Waals surface area contributed by atoms with Crippen LogP contribution in [0.2, 0.25) is 0 Å². The van der Waals surface area contributed by atoms with E-state index in [1.54, 1.807) is 0 Å². The van der Waals surface area contributed by atoms with Crippen LogP contribution in [-0.4, -0.2) is 15.5 Å². The molecule has 1 aromatic carbocycles. The molecule has 5 nitrogen and oxygen atoms in total. The van der Waals surface area contributed by atoms with Gasteiger partial charge in [-0.3, -0.25) is 14.2 Å². The van der Waals surface area contributed by atoms with Crippen molar-refractivity contribution in [3.8, 4) is 0 Å². The maximum Gasteiger partial charge on any atom is 0.326 e. The first-order valence-corrected chi connectivity index (χ1v) is 8.85. The number of carbonyl (C=O) groups excluding carboxylic acids is 1. The number of nitrogens with zero attached hydrogens (tertiary/aromatic N) is 2. The first kappa shape index (κ1) is 17.4. The highest BCUT2D eigenvalue weighted by Gasteiger charge is 2.14. The monoisotopic (exact) mass is 356 g/mol. The van der Waals surface area contributed by atoms with Crippen molar-refractivity contribution in [3.63, 3.8) is 0 Å². The van der Waals surface area contributed by atoms with E-state index in [2.05, 4.69) is 4.98 Å². The van der Waals surface area contributed by atoms with E-state index >= 15 is 0 Å². The van der Waals surface area contributed by atoms with E-state index in [4.69, 9.17) is 4.74 Å². The number of rotatable bonds is 4. The second kappa shape index (κ2) is 6.80. The number of aromatic nitrogens is 2. The van der Waals surface area contributed by atoms with Gasteiger partial charge in [0.1, 0.15) is 18.0 Å². The molecular weight excluding hydrogens is 336 g/mol. The van der Waals surface area contributed by atoms with Crippen LogP contribution < -0.4 is 5.56 Å². The van der Waals surface area contributed by atoms with Crippen molar-refractivity contribution in [1.29, 1.82) is 0 Å². The Hall–Kier alpha value is -2.47. The number of benzene rings is 1. The zero-order valence-electron chi connectivity index (χ0n) is 14.8. The van der Waals surface area contributed by atoms with Crippen molar-refractivity contribution in [2.45, 2.75) is 40.8 Å². The Labute approximate surface area is 149 Å². The highest BCUT2D eigenvalue weighted by molar-refractivity contribution is 7.18. The minimum Gasteiger partial charge on any atom is -0.459 e. The molecule has 6 heteroatoms. The molecule has 0 unspecified atom stereocenters. The highest BCUT2D eigenvalue weighted by Crippen LogP contribution is 2.25. The van der Waals surface area contributed by atoms with Crippen LogP contribution in [0.5, 0.6) is 0 Å². The van der Waals surface area contributed by atoms with Gasteiger partial charge in [-0.15, -0.1) is 11.3 Å². The topological polar surface area (TPSA) is 61.2 Å². The highest BCUT2D eigenvalue weighted by atomic mass is 32.1. The van der Waals surface area contributed by atoms with Gasteiger partial charge in [0.25, 0.3) is 5.56 Å². The second-order valence-electron chi connectivity index (χ2n) is 6.23. The van der Waals surface area contributed by atoms with Gasteiger partial charge in [0, 0.05) is 4.88 Å². The lowest BCUT2D eigenvalue weighted by molar-refractivity contribution is -0.145. The van der Waals surface area contributed by atoms with E-state index in [0.717, 1.165) is 27.1 Å². The first-order chi connectivity index (χ1) is 11.9. The third-order valence-electron chi connectivity index (χ3n) is 4.35. The SMILES string of the molecule is Cc1ccc(C)c(COC(=O)Cn2cnc3sc(C)c(C)c3c2=O)c1. The summed E-state index contributed by atoms with van der Waals surface area (Å²) in [6.07, 6.45) is 1.42. The number of esters is 1. The van der Waals surface area contributed by atoms with Crippen LogP contribution in [0.4, 0.5) is 0 Å². The minimum absolute atomic E-state index is 0.138. The van der Waals surface area contributed by atoms with E-state index in [-0.39, 0.29) is 18.7 Å². The summed E-state index contributed by atoms with van der Waals surface area (Å²) < 4.78 is 6.66. The number of hydrogen-bond donors (Lipinski definition) is 0. The van der Waals surface area contributed by atoms with Gasteiger partial charge >= 0.3 is 5.97 Å². The van der Waals surface area contributed by atoms with Crippen LogP contribution in [0.25, 0.3) is 10.2 Å². The third-order valence-corrected chi connectivity index (χ3v) is 5.46. The molecule has 25 heavy (non-hydrogen) atoms. The lowest BCUT2D eigenvalue weighted by Gasteiger charge is -2.09. The zero-order chi connectivity index (χ0) is 18.1. The Morgan fingerprint density at radius 2 is 2.00 bits per heavy atom. The van der Waals surface area contributed by atoms with Gasteiger partial charge in [0.05, 0.1) is 11.7 Å². The van der Waals surface area contributed by atoms with Gasteiger partial charge in [-0.05, 0) is 44.4 Å². The van der Waals surface area contributed by atoms with Crippen LogP contribution in [0, 0.1) is 27.7 Å². The summed E-state index contributed by atoms with van der Waals surface area (Å²) in [5.74, 6) is -0.450. The number of carbonyl (C=O) groups is 1. The molecule has 0 amide bonds. The molecule has 3 aromatic rings. The third kappa shape index (κ3) is 3.49. The van der Waals surface area contributed by atoms with Gasteiger partial charge in [-0.2, -0.15) is 0 Å². The van der Waals surface area contributed by atoms with Crippen LogP contribution in [0.1, 0.15) is 27.1 Å². The van der Waals surface area contributed by atoms with E-state index in [1.165, 1.54) is 22.2 Å². The lowest BCUT2D eigenvalue weighted by atomic mass is 10.1. The fraction of sp³-hybridized carbons (Fsp3) is 0.316. The fourth-order valence-corrected chi connectivity index (χ4v) is 3.67. The second-order valence-corrected chi connectivity index (χ2v) is 7.43. The molecule has 0 radical (unpaired) electrons. The summed E-state index contributed by atoms with van der Waals surface area (Å²) in [7, 11) is 0. The van der Waals surface area contributed by atoms with Crippen LogP contribution in [0.15, 0.2) is 29.3 Å². The maximum atomic E-state index is 12.6. The van der Waals surface area contributed by atoms with Crippen molar-refractivity contribution < 1.29 is 9.53 Å². The molecule has 0 aliphatic rings. The Balaban J connectivity index is 1.76. The normalized spacial score (nSPS) is 11.0. The molecule has 3 rings (SSSR count). The van der Waals surface area contributed by atoms with Gasteiger partial charge in [-0.25, -0.2) is 4.98 Å². The quantitative estimate of drug-likeness (QED) is 0.672. The standard InChI is InChI=1S/C19H20N2O3S/c1-11-5-6-12(2)15(7-11)9-24-16(22)8-21-10-20-18-17(19(21)23)13(3)14(4)25-18/h5-7,10H,8-9H2,1-4H3. The van der Waals surface area contributed by atoms with Gasteiger partial charge in [0.15, 0.2) is 0 Å². The van der Waals surface area contributed by atoms with Gasteiger partial charge in [0.2, 0.25) is 0 Å². The number of aryl methyl sites for hydroxylation is 4. The van der Waals surface area contributed by atoms with E-state index in [0.29, 0.717) is 10.2 Å². The van der Waals surface area contributed by atoms with E-state index < -0.39 is 5.97 Å². The molecule has 0 fully saturated rings. The van der Waals surface area contributed by atoms with Crippen molar-refractivity contribution in [2.24, 2.45) is 0 Å². The molecular formula is C19H20N2O3S. The smallest absolute Gasteiger partial charge is 0.326 e. The van der Waals surface area contributed by atoms with Crippen LogP contribution in [-0.2, 0) is 22.7 Å². The van der Waals surface area contributed by atoms with Gasteiger partial charge in [-0.1, -0.05) is 23.8 Å². The molecule has 0 aliphatic carbocycles. The molecule has 0 aliphatic heterocycles. The molecule has 0 saturated carbocycles.